The molecule has 1 unspecified atom stereocenters. The van der Waals surface area contributed by atoms with Crippen LogP contribution in [-0.2, 0) is 22.4 Å². The maximum absolute atomic E-state index is 13.8. The Morgan fingerprint density at radius 1 is 0.940 bits per heavy atom. The van der Waals surface area contributed by atoms with Gasteiger partial charge in [0.2, 0.25) is 0 Å². The van der Waals surface area contributed by atoms with Crippen molar-refractivity contribution in [1.29, 1.82) is 0 Å². The summed E-state index contributed by atoms with van der Waals surface area (Å²) in [5.74, 6) is 0.636. The molecule has 10 nitrogen and oxygen atoms in total. The van der Waals surface area contributed by atoms with Crippen LogP contribution in [0.3, 0.4) is 0 Å². The molecule has 3 saturated heterocycles. The summed E-state index contributed by atoms with van der Waals surface area (Å²) in [5.41, 5.74) is 2.51. The Balaban J connectivity index is 1.26. The monoisotopic (exact) mass is 739 g/mol. The number of piperidine rings is 3. The molecule has 4 aromatic rings. The zero-order valence-electron chi connectivity index (χ0n) is 27.5. The highest BCUT2D eigenvalue weighted by Gasteiger charge is 2.37. The molecule has 1 amide bonds. The van der Waals surface area contributed by atoms with E-state index in [0.717, 1.165) is 32.5 Å². The fourth-order valence-corrected chi connectivity index (χ4v) is 7.29. The van der Waals surface area contributed by atoms with Gasteiger partial charge in [0.1, 0.15) is 22.3 Å². The van der Waals surface area contributed by atoms with Crippen LogP contribution in [0.25, 0.3) is 0 Å². The van der Waals surface area contributed by atoms with Crippen LogP contribution in [0.15, 0.2) is 79.1 Å². The van der Waals surface area contributed by atoms with E-state index in [4.69, 9.17) is 53.8 Å². The Kier molecular flexibility index (Phi) is 11.2. The molecule has 3 aliphatic heterocycles. The van der Waals surface area contributed by atoms with Crippen molar-refractivity contribution < 1.29 is 33.3 Å². The number of esters is 1. The van der Waals surface area contributed by atoms with Gasteiger partial charge in [0.05, 0.1) is 26.3 Å². The van der Waals surface area contributed by atoms with Crippen LogP contribution in [0, 0.1) is 11.1 Å². The van der Waals surface area contributed by atoms with E-state index in [1.54, 1.807) is 60.7 Å². The molecule has 0 saturated carbocycles. The van der Waals surface area contributed by atoms with Crippen LogP contribution in [0.2, 0.25) is 15.1 Å². The molecule has 4 heterocycles. The lowest BCUT2D eigenvalue weighted by Gasteiger charge is -2.44. The maximum atomic E-state index is 13.8. The Morgan fingerprint density at radius 3 is 2.32 bits per heavy atom. The first-order valence-electron chi connectivity index (χ1n) is 16.2. The molecule has 0 N–H and O–H groups in total. The standard InChI is InChI=1S/C37H36Cl3N3O7/c1-47-32-10-9-25(16-34(32)48-2)33(18-29-30(39)20-42(46)21-31(29)40)49-36(44)26-6-3-5-23(15-26)19-43(28-8-4-7-27(38)17-28)37(45)50-35-22-41-13-11-24(35)12-14-41/h3-10,15-17,20-21,24,33,35H,11-14,18-19,22H2,1-2H3/t33?,35-/m0/s1. The summed E-state index contributed by atoms with van der Waals surface area (Å²) in [4.78, 5) is 31.4. The number of nitrogens with zero attached hydrogens (tertiary/aromatic N) is 3. The quantitative estimate of drug-likeness (QED) is 0.0877. The number of aromatic nitrogens is 1. The van der Waals surface area contributed by atoms with Gasteiger partial charge in [0, 0.05) is 29.2 Å². The maximum Gasteiger partial charge on any atom is 0.414 e. The predicted octanol–water partition coefficient (Wildman–Crippen LogP) is 7.68. The van der Waals surface area contributed by atoms with Crippen molar-refractivity contribution in [1.82, 2.24) is 4.90 Å². The lowest BCUT2D eigenvalue weighted by molar-refractivity contribution is -0.605. The van der Waals surface area contributed by atoms with Crippen molar-refractivity contribution in [3.8, 4) is 11.5 Å². The Morgan fingerprint density at radius 2 is 1.66 bits per heavy atom. The van der Waals surface area contributed by atoms with E-state index in [0.29, 0.717) is 49.5 Å². The number of methoxy groups -OCH3 is 2. The van der Waals surface area contributed by atoms with Gasteiger partial charge in [-0.2, -0.15) is 4.73 Å². The van der Waals surface area contributed by atoms with Gasteiger partial charge in [-0.1, -0.05) is 59.1 Å². The molecule has 3 fully saturated rings. The molecule has 3 aromatic carbocycles. The van der Waals surface area contributed by atoms with Crippen molar-refractivity contribution in [3.63, 3.8) is 0 Å². The molecule has 2 atom stereocenters. The average molecular weight is 741 g/mol. The molecule has 262 valence electrons. The van der Waals surface area contributed by atoms with Crippen LogP contribution in [0.1, 0.15) is 46.0 Å². The minimum Gasteiger partial charge on any atom is -0.619 e. The minimum absolute atomic E-state index is 0.0629. The summed E-state index contributed by atoms with van der Waals surface area (Å²) in [6.07, 6.45) is 2.89. The lowest BCUT2D eigenvalue weighted by atomic mass is 9.86. The molecule has 1 aromatic heterocycles. The number of benzene rings is 3. The second-order valence-electron chi connectivity index (χ2n) is 12.3. The number of carbonyl (C=O) groups is 2. The number of anilines is 1. The molecule has 0 spiro atoms. The highest BCUT2D eigenvalue weighted by atomic mass is 35.5. The van der Waals surface area contributed by atoms with Gasteiger partial charge in [-0.3, -0.25) is 9.80 Å². The van der Waals surface area contributed by atoms with E-state index in [1.165, 1.54) is 31.5 Å². The van der Waals surface area contributed by atoms with Gasteiger partial charge < -0.3 is 24.2 Å². The minimum atomic E-state index is -0.886. The van der Waals surface area contributed by atoms with E-state index in [2.05, 4.69) is 4.90 Å². The van der Waals surface area contributed by atoms with Gasteiger partial charge in [0.15, 0.2) is 23.9 Å². The molecule has 50 heavy (non-hydrogen) atoms. The number of carbonyl (C=O) groups excluding carboxylic acids is 2. The lowest BCUT2D eigenvalue weighted by Crippen LogP contribution is -2.53. The van der Waals surface area contributed by atoms with E-state index < -0.39 is 18.2 Å². The number of halogens is 3. The zero-order chi connectivity index (χ0) is 35.4. The van der Waals surface area contributed by atoms with Crippen molar-refractivity contribution in [2.45, 2.75) is 38.0 Å². The Hall–Kier alpha value is -4.22. The smallest absolute Gasteiger partial charge is 0.414 e. The number of amides is 1. The molecular formula is C37H36Cl3N3O7. The molecule has 0 radical (unpaired) electrons. The van der Waals surface area contributed by atoms with Crippen molar-refractivity contribution in [2.24, 2.45) is 5.92 Å². The highest BCUT2D eigenvalue weighted by Crippen LogP contribution is 2.36. The summed E-state index contributed by atoms with van der Waals surface area (Å²) < 4.78 is 23.6. The molecule has 3 aliphatic rings. The number of hydrogen-bond donors (Lipinski definition) is 0. The summed E-state index contributed by atoms with van der Waals surface area (Å²) in [6.45, 7) is 2.89. The summed E-state index contributed by atoms with van der Waals surface area (Å²) in [5, 5.41) is 12.6. The third-order valence-corrected chi connectivity index (χ3v) is 10.1. The average Bonchev–Trinajstić information content (AvgIpc) is 3.11. The third kappa shape index (κ3) is 8.21. The summed E-state index contributed by atoms with van der Waals surface area (Å²) in [7, 11) is 3.03. The first kappa shape index (κ1) is 35.6. The largest absolute Gasteiger partial charge is 0.619 e. The molecule has 7 rings (SSSR count). The predicted molar refractivity (Wildman–Crippen MR) is 190 cm³/mol. The zero-order valence-corrected chi connectivity index (χ0v) is 29.8. The van der Waals surface area contributed by atoms with Gasteiger partial charge in [-0.15, -0.1) is 0 Å². The molecule has 13 heteroatoms. The normalized spacial score (nSPS) is 18.6. The van der Waals surface area contributed by atoms with Gasteiger partial charge in [0.25, 0.3) is 0 Å². The van der Waals surface area contributed by atoms with Gasteiger partial charge >= 0.3 is 12.1 Å². The summed E-state index contributed by atoms with van der Waals surface area (Å²) in [6, 6.07) is 19.0. The van der Waals surface area contributed by atoms with Crippen LogP contribution < -0.4 is 19.1 Å². The van der Waals surface area contributed by atoms with Crippen molar-refractivity contribution in [3.05, 3.63) is 122 Å². The summed E-state index contributed by atoms with van der Waals surface area (Å²) >= 11 is 19.2. The third-order valence-electron chi connectivity index (χ3n) is 9.17. The first-order valence-corrected chi connectivity index (χ1v) is 17.3. The SMILES string of the molecule is COc1ccc(C(Cc2c(Cl)c[n+]([O-])cc2Cl)OC(=O)c2cccc(CN(C(=O)O[C@H]3CN4CCC3CC4)c3cccc(Cl)c3)c2)cc1OC. The highest BCUT2D eigenvalue weighted by molar-refractivity contribution is 6.35. The second kappa shape index (κ2) is 15.8. The Labute approximate surface area is 305 Å². The van der Waals surface area contributed by atoms with E-state index in [9.17, 15) is 14.8 Å². The van der Waals surface area contributed by atoms with E-state index in [1.807, 2.05) is 6.07 Å². The second-order valence-corrected chi connectivity index (χ2v) is 13.6. The molecular weight excluding hydrogens is 705 g/mol. The number of hydrogen-bond acceptors (Lipinski definition) is 8. The van der Waals surface area contributed by atoms with Gasteiger partial charge in [-0.05, 0) is 85.4 Å². The van der Waals surface area contributed by atoms with Crippen LogP contribution in [0.4, 0.5) is 10.5 Å². The topological polar surface area (TPSA) is 104 Å². The fraction of sp³-hybridized carbons (Fsp3) is 0.324. The number of pyridine rings is 1. The van der Waals surface area contributed by atoms with Gasteiger partial charge in [-0.25, -0.2) is 9.59 Å². The molecule has 0 aliphatic carbocycles. The Bertz CT molecular complexity index is 1840. The van der Waals surface area contributed by atoms with Crippen molar-refractivity contribution >= 4 is 52.6 Å². The fourth-order valence-electron chi connectivity index (χ4n) is 6.51. The number of rotatable bonds is 11. The number of ether oxygens (including phenoxy) is 4. The van der Waals surface area contributed by atoms with Crippen molar-refractivity contribution in [2.75, 3.05) is 38.8 Å². The van der Waals surface area contributed by atoms with Crippen LogP contribution in [0.5, 0.6) is 11.5 Å². The van der Waals surface area contributed by atoms with Crippen LogP contribution in [-0.4, -0.2) is 56.9 Å². The van der Waals surface area contributed by atoms with Crippen LogP contribution >= 0.6 is 34.8 Å². The number of fused-ring (bicyclic) bond motifs is 3. The first-order chi connectivity index (χ1) is 24.1. The molecule has 2 bridgehead atoms. The van der Waals surface area contributed by atoms with E-state index in [-0.39, 0.29) is 34.7 Å². The van der Waals surface area contributed by atoms with E-state index >= 15 is 0 Å².